The molecule has 14 heavy (non-hydrogen) atoms. The molecule has 0 fully saturated rings. The number of ether oxygens (including phenoxy) is 1. The van der Waals surface area contributed by atoms with Crippen LogP contribution in [0.1, 0.15) is 6.42 Å². The second-order valence-electron chi connectivity index (χ2n) is 2.70. The van der Waals surface area contributed by atoms with Gasteiger partial charge in [0.05, 0.1) is 6.61 Å². The lowest BCUT2D eigenvalue weighted by molar-refractivity contribution is -0.121. The highest BCUT2D eigenvalue weighted by Crippen LogP contribution is 1.93. The van der Waals surface area contributed by atoms with Crippen LogP contribution in [0.4, 0.5) is 0 Å². The number of rotatable bonds is 7. The fourth-order valence-corrected chi connectivity index (χ4v) is 0.834. The average molecular weight is 195 g/mol. The maximum absolute atomic E-state index is 11.1. The van der Waals surface area contributed by atoms with Crippen LogP contribution in [0.5, 0.6) is 0 Å². The summed E-state index contributed by atoms with van der Waals surface area (Å²) in [5.74, 6) is -0.0244. The Bertz CT molecular complexity index is 231. The minimum atomic E-state index is -0.0244. The van der Waals surface area contributed by atoms with Crippen molar-refractivity contribution in [3.63, 3.8) is 0 Å². The third kappa shape index (κ3) is 6.20. The summed E-state index contributed by atoms with van der Waals surface area (Å²) in [5.41, 5.74) is 0.936. The quantitative estimate of drug-likeness (QED) is 0.624. The van der Waals surface area contributed by atoms with Crippen LogP contribution in [0.3, 0.4) is 0 Å². The molecular weight excluding hydrogens is 178 g/mol. The van der Waals surface area contributed by atoms with Crippen LogP contribution in [0.15, 0.2) is 37.0 Å². The normalized spacial score (nSPS) is 10.8. The zero-order chi connectivity index (χ0) is 10.8. The molecule has 0 spiro atoms. The van der Waals surface area contributed by atoms with Gasteiger partial charge in [-0.3, -0.25) is 4.79 Å². The largest absolute Gasteiger partial charge is 0.384 e. The van der Waals surface area contributed by atoms with Crippen LogP contribution >= 0.6 is 0 Å². The monoisotopic (exact) mass is 195 g/mol. The maximum Gasteiger partial charge on any atom is 0.222 e. The molecule has 0 saturated heterocycles. The van der Waals surface area contributed by atoms with Crippen molar-refractivity contribution in [2.45, 2.75) is 6.42 Å². The van der Waals surface area contributed by atoms with Crippen LogP contribution in [-0.2, 0) is 9.53 Å². The van der Waals surface area contributed by atoms with E-state index in [2.05, 4.69) is 18.5 Å². The highest BCUT2D eigenvalue weighted by Gasteiger charge is 1.99. The Morgan fingerprint density at radius 3 is 2.71 bits per heavy atom. The number of amides is 1. The summed E-state index contributed by atoms with van der Waals surface area (Å²) in [5, 5.41) is 2.75. The van der Waals surface area contributed by atoms with Crippen molar-refractivity contribution in [3.05, 3.63) is 37.0 Å². The first-order valence-corrected chi connectivity index (χ1v) is 4.44. The van der Waals surface area contributed by atoms with Crippen molar-refractivity contribution in [1.82, 2.24) is 5.32 Å². The van der Waals surface area contributed by atoms with Crippen LogP contribution in [-0.4, -0.2) is 26.2 Å². The van der Waals surface area contributed by atoms with Crippen molar-refractivity contribution >= 4 is 5.91 Å². The van der Waals surface area contributed by atoms with Crippen LogP contribution in [0, 0.1) is 0 Å². The van der Waals surface area contributed by atoms with Gasteiger partial charge in [0, 0.05) is 20.1 Å². The fraction of sp³-hybridized carbons (Fsp3) is 0.364. The number of hydrogen-bond donors (Lipinski definition) is 1. The molecule has 0 aliphatic heterocycles. The molecule has 3 heteroatoms. The molecule has 0 atom stereocenters. The molecule has 0 rings (SSSR count). The molecule has 0 aromatic heterocycles. The lowest BCUT2D eigenvalue weighted by atomic mass is 10.2. The summed E-state index contributed by atoms with van der Waals surface area (Å²) in [6.07, 6.45) is 5.55. The molecule has 1 amide bonds. The minimum absolute atomic E-state index is 0.0244. The predicted molar refractivity (Wildman–Crippen MR) is 58.0 cm³/mol. The van der Waals surface area contributed by atoms with E-state index in [0.29, 0.717) is 19.6 Å². The van der Waals surface area contributed by atoms with Crippen molar-refractivity contribution in [3.8, 4) is 0 Å². The van der Waals surface area contributed by atoms with E-state index in [1.54, 1.807) is 19.3 Å². The third-order valence-electron chi connectivity index (χ3n) is 1.62. The second kappa shape index (κ2) is 8.26. The van der Waals surface area contributed by atoms with E-state index in [-0.39, 0.29) is 5.91 Å². The summed E-state index contributed by atoms with van der Waals surface area (Å²) in [6, 6.07) is 0. The lowest BCUT2D eigenvalue weighted by Gasteiger charge is -2.04. The van der Waals surface area contributed by atoms with Gasteiger partial charge in [-0.25, -0.2) is 0 Å². The van der Waals surface area contributed by atoms with Gasteiger partial charge in [-0.2, -0.15) is 0 Å². The van der Waals surface area contributed by atoms with Gasteiger partial charge in [0.1, 0.15) is 0 Å². The number of hydrogen-bond acceptors (Lipinski definition) is 2. The number of methoxy groups -OCH3 is 1. The van der Waals surface area contributed by atoms with E-state index in [1.165, 1.54) is 0 Å². The molecule has 0 unspecified atom stereocenters. The molecule has 0 aromatic rings. The van der Waals surface area contributed by atoms with Crippen LogP contribution in [0.2, 0.25) is 0 Å². The van der Waals surface area contributed by atoms with Gasteiger partial charge in [-0.1, -0.05) is 31.4 Å². The van der Waals surface area contributed by atoms with E-state index in [9.17, 15) is 4.79 Å². The highest BCUT2D eigenvalue weighted by atomic mass is 16.5. The average Bonchev–Trinajstić information content (AvgIpc) is 2.21. The van der Waals surface area contributed by atoms with Gasteiger partial charge in [0.25, 0.3) is 0 Å². The Balaban J connectivity index is 3.79. The van der Waals surface area contributed by atoms with Gasteiger partial charge in [-0.15, -0.1) is 0 Å². The molecule has 3 nitrogen and oxygen atoms in total. The van der Waals surface area contributed by atoms with Gasteiger partial charge in [0.2, 0.25) is 5.91 Å². The molecule has 78 valence electrons. The van der Waals surface area contributed by atoms with E-state index in [0.717, 1.165) is 5.57 Å². The Hall–Kier alpha value is -1.35. The van der Waals surface area contributed by atoms with Crippen molar-refractivity contribution in [1.29, 1.82) is 0 Å². The topological polar surface area (TPSA) is 38.3 Å². The van der Waals surface area contributed by atoms with Gasteiger partial charge in [-0.05, 0) is 5.57 Å². The molecular formula is C11H17NO2. The smallest absolute Gasteiger partial charge is 0.222 e. The molecule has 0 radical (unpaired) electrons. The minimum Gasteiger partial charge on any atom is -0.384 e. The van der Waals surface area contributed by atoms with Gasteiger partial charge in [0.15, 0.2) is 0 Å². The molecule has 0 bridgehead atoms. The predicted octanol–water partition coefficient (Wildman–Crippen LogP) is 1.44. The first-order chi connectivity index (χ1) is 6.74. The maximum atomic E-state index is 11.1. The van der Waals surface area contributed by atoms with E-state index in [1.807, 2.05) is 6.08 Å². The number of nitrogens with one attached hydrogen (secondary N) is 1. The zero-order valence-corrected chi connectivity index (χ0v) is 8.58. The van der Waals surface area contributed by atoms with Crippen molar-refractivity contribution in [2.75, 3.05) is 20.3 Å². The fourth-order valence-electron chi connectivity index (χ4n) is 0.834. The number of allylic oxidation sites excluding steroid dienone is 2. The van der Waals surface area contributed by atoms with Crippen LogP contribution in [0.25, 0.3) is 0 Å². The van der Waals surface area contributed by atoms with Crippen molar-refractivity contribution in [2.24, 2.45) is 0 Å². The Kier molecular flexibility index (Phi) is 7.46. The second-order valence-corrected chi connectivity index (χ2v) is 2.70. The summed E-state index contributed by atoms with van der Waals surface area (Å²) in [6.45, 7) is 8.13. The first kappa shape index (κ1) is 12.7. The van der Waals surface area contributed by atoms with Gasteiger partial charge >= 0.3 is 0 Å². The van der Waals surface area contributed by atoms with Crippen LogP contribution < -0.4 is 5.32 Å². The molecule has 0 aromatic carbocycles. The van der Waals surface area contributed by atoms with E-state index in [4.69, 9.17) is 4.74 Å². The number of carbonyl (C=O) groups excluding carboxylic acids is 1. The summed E-state index contributed by atoms with van der Waals surface area (Å²) < 4.78 is 4.78. The Labute approximate surface area is 85.1 Å². The Morgan fingerprint density at radius 1 is 1.50 bits per heavy atom. The first-order valence-electron chi connectivity index (χ1n) is 4.44. The zero-order valence-electron chi connectivity index (χ0n) is 8.58. The SMILES string of the molecule is C=C/C=C(\C=C)CNC(=O)CCOC. The van der Waals surface area contributed by atoms with E-state index >= 15 is 0 Å². The summed E-state index contributed by atoms with van der Waals surface area (Å²) in [7, 11) is 1.57. The summed E-state index contributed by atoms with van der Waals surface area (Å²) >= 11 is 0. The van der Waals surface area contributed by atoms with Gasteiger partial charge < -0.3 is 10.1 Å². The lowest BCUT2D eigenvalue weighted by Crippen LogP contribution is -2.26. The third-order valence-corrected chi connectivity index (χ3v) is 1.62. The summed E-state index contributed by atoms with van der Waals surface area (Å²) in [4.78, 5) is 11.1. The number of carbonyl (C=O) groups is 1. The van der Waals surface area contributed by atoms with E-state index < -0.39 is 0 Å². The standard InChI is InChI=1S/C11H17NO2/c1-4-6-10(5-2)9-12-11(13)7-8-14-3/h4-6H,1-2,7-9H2,3H3,(H,12,13)/b10-6+. The molecule has 0 saturated carbocycles. The highest BCUT2D eigenvalue weighted by molar-refractivity contribution is 5.76. The molecule has 0 heterocycles. The molecule has 0 aliphatic rings. The van der Waals surface area contributed by atoms with Crippen molar-refractivity contribution < 1.29 is 9.53 Å². The molecule has 0 aliphatic carbocycles. The Morgan fingerprint density at radius 2 is 2.21 bits per heavy atom. The molecule has 1 N–H and O–H groups in total.